The lowest BCUT2D eigenvalue weighted by atomic mass is 10.2. The third kappa shape index (κ3) is 4.62. The highest BCUT2D eigenvalue weighted by molar-refractivity contribution is 7.91. The van der Waals surface area contributed by atoms with Crippen molar-refractivity contribution in [3.63, 3.8) is 0 Å². The average Bonchev–Trinajstić information content (AvgIpc) is 3.11. The molecular weight excluding hydrogens is 410 g/mol. The molecular formula is C21H21NO7S. The van der Waals surface area contributed by atoms with Crippen molar-refractivity contribution >= 4 is 38.4 Å². The van der Waals surface area contributed by atoms with E-state index >= 15 is 0 Å². The molecule has 1 heterocycles. The molecule has 0 atom stereocenters. The van der Waals surface area contributed by atoms with Gasteiger partial charge in [-0.2, -0.15) is 0 Å². The minimum Gasteiger partial charge on any atom is -0.497 e. The minimum absolute atomic E-state index is 0.0945. The van der Waals surface area contributed by atoms with Crippen LogP contribution >= 0.6 is 0 Å². The smallest absolute Gasteiger partial charge is 0.376 e. The number of sulfone groups is 1. The van der Waals surface area contributed by atoms with Gasteiger partial charge in [0, 0.05) is 11.8 Å². The zero-order chi connectivity index (χ0) is 21.7. The van der Waals surface area contributed by atoms with E-state index in [1.54, 1.807) is 31.2 Å². The van der Waals surface area contributed by atoms with Gasteiger partial charge in [0.15, 0.2) is 9.84 Å². The van der Waals surface area contributed by atoms with E-state index in [0.29, 0.717) is 16.7 Å². The van der Waals surface area contributed by atoms with Crippen molar-refractivity contribution < 1.29 is 31.9 Å². The molecule has 8 nitrogen and oxygen atoms in total. The van der Waals surface area contributed by atoms with Gasteiger partial charge in [-0.25, -0.2) is 13.2 Å². The largest absolute Gasteiger partial charge is 0.497 e. The van der Waals surface area contributed by atoms with E-state index in [0.717, 1.165) is 0 Å². The number of hydrogen-bond donors (Lipinski definition) is 1. The monoisotopic (exact) mass is 431 g/mol. The lowest BCUT2D eigenvalue weighted by Gasteiger charge is -2.08. The van der Waals surface area contributed by atoms with E-state index in [1.165, 1.54) is 31.4 Å². The van der Waals surface area contributed by atoms with Crippen LogP contribution in [0.25, 0.3) is 11.0 Å². The first kappa shape index (κ1) is 21.4. The summed E-state index contributed by atoms with van der Waals surface area (Å²) in [5, 5.41) is 3.12. The molecule has 0 aliphatic rings. The number of methoxy groups -OCH3 is 1. The maximum Gasteiger partial charge on any atom is 0.376 e. The van der Waals surface area contributed by atoms with Crippen LogP contribution in [0.2, 0.25) is 0 Å². The summed E-state index contributed by atoms with van der Waals surface area (Å²) in [5.41, 5.74) is 0.567. The summed E-state index contributed by atoms with van der Waals surface area (Å²) in [4.78, 5) is 24.8. The standard InChI is InChI=1S/C21H21NO7S/c1-3-28-21(24)20-19(16-6-4-5-7-17(16)29-20)22-18(23)12-13-30(25,26)15-10-8-14(27-2)9-11-15/h4-11H,3,12-13H2,1-2H3,(H,22,23). The Bertz CT molecular complexity index is 1160. The SMILES string of the molecule is CCOC(=O)c1oc2ccccc2c1NC(=O)CCS(=O)(=O)c1ccc(OC)cc1. The van der Waals surface area contributed by atoms with Gasteiger partial charge in [-0.1, -0.05) is 12.1 Å². The molecule has 0 bridgehead atoms. The average molecular weight is 431 g/mol. The molecule has 0 aliphatic carbocycles. The fraction of sp³-hybridized carbons (Fsp3) is 0.238. The van der Waals surface area contributed by atoms with Crippen LogP contribution in [-0.4, -0.2) is 39.8 Å². The minimum atomic E-state index is -3.67. The second-order valence-electron chi connectivity index (χ2n) is 6.32. The molecule has 1 N–H and O–H groups in total. The van der Waals surface area contributed by atoms with Gasteiger partial charge < -0.3 is 19.2 Å². The van der Waals surface area contributed by atoms with Gasteiger partial charge in [-0.15, -0.1) is 0 Å². The van der Waals surface area contributed by atoms with E-state index < -0.39 is 27.5 Å². The van der Waals surface area contributed by atoms with Crippen molar-refractivity contribution in [1.29, 1.82) is 0 Å². The molecule has 0 fully saturated rings. The molecule has 0 saturated heterocycles. The predicted molar refractivity (Wildman–Crippen MR) is 110 cm³/mol. The number of para-hydroxylation sites is 1. The second kappa shape index (κ2) is 9.00. The summed E-state index contributed by atoms with van der Waals surface area (Å²) in [6, 6.07) is 12.7. The number of carbonyl (C=O) groups excluding carboxylic acids is 2. The Labute approximate surface area is 173 Å². The number of amides is 1. The van der Waals surface area contributed by atoms with Crippen LogP contribution in [0.15, 0.2) is 57.8 Å². The zero-order valence-corrected chi connectivity index (χ0v) is 17.3. The van der Waals surface area contributed by atoms with E-state index in [-0.39, 0.29) is 29.4 Å². The number of benzene rings is 2. The zero-order valence-electron chi connectivity index (χ0n) is 16.5. The highest BCUT2D eigenvalue weighted by Gasteiger charge is 2.24. The molecule has 1 amide bonds. The Kier molecular flexibility index (Phi) is 6.41. The lowest BCUT2D eigenvalue weighted by Crippen LogP contribution is -2.19. The molecule has 0 radical (unpaired) electrons. The summed E-state index contributed by atoms with van der Waals surface area (Å²) < 4.78 is 40.5. The van der Waals surface area contributed by atoms with Crippen LogP contribution in [0.1, 0.15) is 23.9 Å². The number of esters is 1. The first-order valence-corrected chi connectivity index (χ1v) is 10.9. The summed E-state index contributed by atoms with van der Waals surface area (Å²) in [5.74, 6) is -1.27. The van der Waals surface area contributed by atoms with Crippen LogP contribution < -0.4 is 10.1 Å². The van der Waals surface area contributed by atoms with Crippen LogP contribution in [0.3, 0.4) is 0 Å². The summed E-state index contributed by atoms with van der Waals surface area (Å²) in [6.45, 7) is 1.80. The van der Waals surface area contributed by atoms with Gasteiger partial charge in [0.25, 0.3) is 0 Å². The van der Waals surface area contributed by atoms with Crippen LogP contribution in [0, 0.1) is 0 Å². The fourth-order valence-corrected chi connectivity index (χ4v) is 4.08. The highest BCUT2D eigenvalue weighted by Crippen LogP contribution is 2.31. The highest BCUT2D eigenvalue weighted by atomic mass is 32.2. The molecule has 1 aromatic heterocycles. The van der Waals surface area contributed by atoms with Crippen LogP contribution in [0.4, 0.5) is 5.69 Å². The molecule has 0 saturated carbocycles. The van der Waals surface area contributed by atoms with Crippen molar-refractivity contribution in [3.8, 4) is 5.75 Å². The quantitative estimate of drug-likeness (QED) is 0.544. The molecule has 0 aliphatic heterocycles. The topological polar surface area (TPSA) is 112 Å². The summed E-state index contributed by atoms with van der Waals surface area (Å²) in [7, 11) is -2.18. The predicted octanol–water partition coefficient (Wildman–Crippen LogP) is 3.42. The molecule has 3 aromatic rings. The number of fused-ring (bicyclic) bond motifs is 1. The van der Waals surface area contributed by atoms with Crippen molar-refractivity contribution in [2.75, 3.05) is 24.8 Å². The molecule has 9 heteroatoms. The van der Waals surface area contributed by atoms with Crippen molar-refractivity contribution in [2.24, 2.45) is 0 Å². The second-order valence-corrected chi connectivity index (χ2v) is 8.42. The fourth-order valence-electron chi connectivity index (χ4n) is 2.84. The number of furan rings is 1. The Hall–Kier alpha value is -3.33. The number of nitrogens with one attached hydrogen (secondary N) is 1. The number of anilines is 1. The number of carbonyl (C=O) groups is 2. The molecule has 2 aromatic carbocycles. The summed E-state index contributed by atoms with van der Waals surface area (Å²) >= 11 is 0. The Morgan fingerprint density at radius 1 is 1.07 bits per heavy atom. The van der Waals surface area contributed by atoms with Gasteiger partial charge in [-0.3, -0.25) is 4.79 Å². The Morgan fingerprint density at radius 2 is 1.77 bits per heavy atom. The normalized spacial score (nSPS) is 11.3. The first-order valence-electron chi connectivity index (χ1n) is 9.21. The first-order chi connectivity index (χ1) is 14.4. The molecule has 0 unspecified atom stereocenters. The van der Waals surface area contributed by atoms with E-state index in [9.17, 15) is 18.0 Å². The van der Waals surface area contributed by atoms with Crippen LogP contribution in [0.5, 0.6) is 5.75 Å². The van der Waals surface area contributed by atoms with Crippen molar-refractivity contribution in [2.45, 2.75) is 18.2 Å². The van der Waals surface area contributed by atoms with Crippen molar-refractivity contribution in [1.82, 2.24) is 0 Å². The Balaban J connectivity index is 1.76. The molecule has 0 spiro atoms. The van der Waals surface area contributed by atoms with Gasteiger partial charge in [0.1, 0.15) is 17.0 Å². The third-order valence-electron chi connectivity index (χ3n) is 4.34. The lowest BCUT2D eigenvalue weighted by molar-refractivity contribution is -0.115. The Morgan fingerprint density at radius 3 is 2.43 bits per heavy atom. The van der Waals surface area contributed by atoms with Gasteiger partial charge in [0.05, 0.1) is 24.4 Å². The van der Waals surface area contributed by atoms with Gasteiger partial charge >= 0.3 is 5.97 Å². The number of rotatable bonds is 8. The molecule has 30 heavy (non-hydrogen) atoms. The summed E-state index contributed by atoms with van der Waals surface area (Å²) in [6.07, 6.45) is -0.296. The van der Waals surface area contributed by atoms with E-state index in [4.69, 9.17) is 13.9 Å². The van der Waals surface area contributed by atoms with E-state index in [1.807, 2.05) is 0 Å². The third-order valence-corrected chi connectivity index (χ3v) is 6.07. The number of hydrogen-bond acceptors (Lipinski definition) is 7. The molecule has 158 valence electrons. The van der Waals surface area contributed by atoms with Crippen molar-refractivity contribution in [3.05, 3.63) is 54.3 Å². The van der Waals surface area contributed by atoms with Gasteiger partial charge in [-0.05, 0) is 43.3 Å². The molecule has 3 rings (SSSR count). The maximum absolute atomic E-state index is 12.5. The van der Waals surface area contributed by atoms with Gasteiger partial charge in [0.2, 0.25) is 11.7 Å². The maximum atomic E-state index is 12.5. The van der Waals surface area contributed by atoms with Crippen LogP contribution in [-0.2, 0) is 19.4 Å². The number of ether oxygens (including phenoxy) is 2. The van der Waals surface area contributed by atoms with E-state index in [2.05, 4.69) is 5.32 Å².